The van der Waals surface area contributed by atoms with Gasteiger partial charge in [0.2, 0.25) is 0 Å². The third-order valence-electron chi connectivity index (χ3n) is 3.08. The van der Waals surface area contributed by atoms with Gasteiger partial charge in [-0.05, 0) is 29.3 Å². The monoisotopic (exact) mass is 333 g/mol. The number of nitro groups is 1. The van der Waals surface area contributed by atoms with Crippen LogP contribution in [-0.2, 0) is 15.6 Å². The van der Waals surface area contributed by atoms with Crippen LogP contribution in [0, 0.1) is 10.1 Å². The van der Waals surface area contributed by atoms with Crippen LogP contribution in [0.5, 0.6) is 5.75 Å². The predicted octanol–water partition coefficient (Wildman–Crippen LogP) is 3.19. The Labute approximate surface area is 134 Å². The molecule has 0 N–H and O–H groups in total. The van der Waals surface area contributed by atoms with Crippen molar-refractivity contribution in [3.8, 4) is 5.75 Å². The molecule has 0 bridgehead atoms. The highest BCUT2D eigenvalue weighted by molar-refractivity contribution is 7.93. The fraction of sp³-hybridized carbons (Fsp3) is 0.125. The van der Waals surface area contributed by atoms with Crippen LogP contribution in [0.1, 0.15) is 11.1 Å². The fourth-order valence-corrected chi connectivity index (χ4v) is 3.04. The highest BCUT2D eigenvalue weighted by atomic mass is 32.2. The van der Waals surface area contributed by atoms with Crippen molar-refractivity contribution >= 4 is 21.6 Å². The molecule has 0 aliphatic rings. The lowest BCUT2D eigenvalue weighted by Crippen LogP contribution is -2.00. The number of ether oxygens (including phenoxy) is 1. The zero-order valence-corrected chi connectivity index (χ0v) is 13.2. The Morgan fingerprint density at radius 3 is 2.48 bits per heavy atom. The average Bonchev–Trinajstić information content (AvgIpc) is 2.54. The Morgan fingerprint density at radius 1 is 1.17 bits per heavy atom. The van der Waals surface area contributed by atoms with Gasteiger partial charge < -0.3 is 4.74 Å². The van der Waals surface area contributed by atoms with Crippen LogP contribution in [0.4, 0.5) is 5.69 Å². The highest BCUT2D eigenvalue weighted by Gasteiger charge is 2.09. The van der Waals surface area contributed by atoms with Crippen LogP contribution in [0.3, 0.4) is 0 Å². The molecule has 0 saturated heterocycles. The van der Waals surface area contributed by atoms with Gasteiger partial charge in [-0.1, -0.05) is 24.3 Å². The molecule has 0 heterocycles. The van der Waals surface area contributed by atoms with E-state index in [1.54, 1.807) is 30.3 Å². The summed E-state index contributed by atoms with van der Waals surface area (Å²) < 4.78 is 29.2. The zero-order valence-electron chi connectivity index (χ0n) is 12.4. The van der Waals surface area contributed by atoms with E-state index in [1.165, 1.54) is 31.4 Å². The van der Waals surface area contributed by atoms with Gasteiger partial charge in [0.1, 0.15) is 5.75 Å². The summed E-state index contributed by atoms with van der Waals surface area (Å²) in [6, 6.07) is 12.5. The van der Waals surface area contributed by atoms with Crippen LogP contribution in [-0.4, -0.2) is 20.5 Å². The molecule has 0 aliphatic carbocycles. The number of methoxy groups -OCH3 is 1. The second-order valence-electron chi connectivity index (χ2n) is 4.81. The van der Waals surface area contributed by atoms with E-state index in [2.05, 4.69) is 0 Å². The second kappa shape index (κ2) is 7.06. The van der Waals surface area contributed by atoms with Gasteiger partial charge in [0.25, 0.3) is 5.69 Å². The summed E-state index contributed by atoms with van der Waals surface area (Å²) in [5.41, 5.74) is 1.01. The molecule has 2 rings (SSSR count). The summed E-state index contributed by atoms with van der Waals surface area (Å²) in [4.78, 5) is 10.2. The lowest BCUT2D eigenvalue weighted by molar-refractivity contribution is -0.384. The third-order valence-corrected chi connectivity index (χ3v) is 4.36. The molecule has 0 fully saturated rings. The summed E-state index contributed by atoms with van der Waals surface area (Å²) in [5.74, 6) is 0.501. The number of nitrogens with zero attached hydrogens (tertiary/aromatic N) is 1. The molecule has 23 heavy (non-hydrogen) atoms. The van der Waals surface area contributed by atoms with Crippen molar-refractivity contribution in [1.82, 2.24) is 0 Å². The lowest BCUT2D eigenvalue weighted by atomic mass is 10.2. The minimum atomic E-state index is -3.48. The number of rotatable bonds is 6. The van der Waals surface area contributed by atoms with E-state index in [4.69, 9.17) is 4.74 Å². The summed E-state index contributed by atoms with van der Waals surface area (Å²) >= 11 is 0. The van der Waals surface area contributed by atoms with Crippen LogP contribution < -0.4 is 4.74 Å². The molecule has 7 heteroatoms. The van der Waals surface area contributed by atoms with Gasteiger partial charge in [0.05, 0.1) is 17.8 Å². The molecule has 6 nitrogen and oxygen atoms in total. The third kappa shape index (κ3) is 4.93. The Bertz CT molecular complexity index is 826. The Hall–Kier alpha value is -2.67. The number of benzene rings is 2. The van der Waals surface area contributed by atoms with Gasteiger partial charge in [0.15, 0.2) is 9.84 Å². The van der Waals surface area contributed by atoms with Crippen molar-refractivity contribution < 1.29 is 18.1 Å². The Kier molecular flexibility index (Phi) is 5.13. The molecule has 2 aromatic rings. The minimum Gasteiger partial charge on any atom is -0.497 e. The topological polar surface area (TPSA) is 86.5 Å². The average molecular weight is 333 g/mol. The summed E-state index contributed by atoms with van der Waals surface area (Å²) in [5, 5.41) is 11.8. The maximum atomic E-state index is 12.1. The van der Waals surface area contributed by atoms with Gasteiger partial charge in [-0.2, -0.15) is 0 Å². The first-order valence-corrected chi connectivity index (χ1v) is 8.39. The first kappa shape index (κ1) is 16.7. The van der Waals surface area contributed by atoms with Crippen LogP contribution in [0.25, 0.3) is 6.08 Å². The Morgan fingerprint density at radius 2 is 1.87 bits per heavy atom. The van der Waals surface area contributed by atoms with E-state index in [-0.39, 0.29) is 11.4 Å². The molecular weight excluding hydrogens is 318 g/mol. The maximum absolute atomic E-state index is 12.1. The van der Waals surface area contributed by atoms with Gasteiger partial charge in [-0.3, -0.25) is 10.1 Å². The van der Waals surface area contributed by atoms with E-state index in [1.807, 2.05) is 0 Å². The molecule has 0 aromatic heterocycles. The van der Waals surface area contributed by atoms with E-state index in [0.717, 1.165) is 5.41 Å². The molecule has 0 unspecified atom stereocenters. The van der Waals surface area contributed by atoms with Crippen molar-refractivity contribution in [2.75, 3.05) is 7.11 Å². The van der Waals surface area contributed by atoms with Gasteiger partial charge in [-0.25, -0.2) is 8.42 Å². The SMILES string of the molecule is COc1ccc(CS(=O)(=O)C=Cc2cccc([N+](=O)[O-])c2)cc1. The minimum absolute atomic E-state index is 0.0836. The first-order valence-electron chi connectivity index (χ1n) is 6.68. The van der Waals surface area contributed by atoms with Crippen LogP contribution in [0.15, 0.2) is 53.9 Å². The summed E-state index contributed by atoms with van der Waals surface area (Å²) in [7, 11) is -1.94. The number of hydrogen-bond donors (Lipinski definition) is 0. The number of sulfone groups is 1. The van der Waals surface area contributed by atoms with E-state index >= 15 is 0 Å². The zero-order chi connectivity index (χ0) is 16.9. The molecule has 0 aliphatic heterocycles. The normalized spacial score (nSPS) is 11.5. The maximum Gasteiger partial charge on any atom is 0.270 e. The van der Waals surface area contributed by atoms with Gasteiger partial charge >= 0.3 is 0 Å². The molecule has 120 valence electrons. The standard InChI is InChI=1S/C16H15NO5S/c1-22-16-7-5-14(6-8-16)12-23(20,21)10-9-13-3-2-4-15(11-13)17(18)19/h2-11H,12H2,1H3. The number of hydrogen-bond acceptors (Lipinski definition) is 5. The summed E-state index contributed by atoms with van der Waals surface area (Å²) in [6.45, 7) is 0. The largest absolute Gasteiger partial charge is 0.497 e. The molecule has 0 saturated carbocycles. The summed E-state index contributed by atoms with van der Waals surface area (Å²) in [6.07, 6.45) is 1.35. The molecule has 0 radical (unpaired) electrons. The van der Waals surface area contributed by atoms with Crippen LogP contribution in [0.2, 0.25) is 0 Å². The fourth-order valence-electron chi connectivity index (χ4n) is 1.93. The van der Waals surface area contributed by atoms with Crippen molar-refractivity contribution in [3.05, 3.63) is 75.2 Å². The number of non-ortho nitro benzene ring substituents is 1. The second-order valence-corrected chi connectivity index (χ2v) is 6.70. The van der Waals surface area contributed by atoms with E-state index in [9.17, 15) is 18.5 Å². The molecule has 0 atom stereocenters. The first-order chi connectivity index (χ1) is 10.9. The molecule has 0 spiro atoms. The predicted molar refractivity (Wildman–Crippen MR) is 87.7 cm³/mol. The number of nitro benzene ring substituents is 1. The highest BCUT2D eigenvalue weighted by Crippen LogP contribution is 2.17. The lowest BCUT2D eigenvalue weighted by Gasteiger charge is -2.02. The van der Waals surface area contributed by atoms with Gasteiger partial charge in [0, 0.05) is 17.5 Å². The molecule has 0 amide bonds. The molecular formula is C16H15NO5S. The van der Waals surface area contributed by atoms with E-state index in [0.29, 0.717) is 16.9 Å². The van der Waals surface area contributed by atoms with E-state index < -0.39 is 14.8 Å². The van der Waals surface area contributed by atoms with Crippen molar-refractivity contribution in [1.29, 1.82) is 0 Å². The van der Waals surface area contributed by atoms with Crippen LogP contribution >= 0.6 is 0 Å². The molecule has 2 aromatic carbocycles. The van der Waals surface area contributed by atoms with Crippen molar-refractivity contribution in [2.24, 2.45) is 0 Å². The quantitative estimate of drug-likeness (QED) is 0.598. The smallest absolute Gasteiger partial charge is 0.270 e. The van der Waals surface area contributed by atoms with Crippen molar-refractivity contribution in [2.45, 2.75) is 5.75 Å². The Balaban J connectivity index is 2.13. The van der Waals surface area contributed by atoms with Crippen molar-refractivity contribution in [3.63, 3.8) is 0 Å². The van der Waals surface area contributed by atoms with Gasteiger partial charge in [-0.15, -0.1) is 0 Å².